The molecule has 0 heterocycles. The zero-order chi connectivity index (χ0) is 20.1. The van der Waals surface area contributed by atoms with E-state index in [1.807, 2.05) is 30.3 Å². The molecule has 1 aliphatic rings. The van der Waals surface area contributed by atoms with Crippen molar-refractivity contribution in [1.82, 2.24) is 0 Å². The van der Waals surface area contributed by atoms with E-state index in [2.05, 4.69) is 0 Å². The molecule has 142 valence electrons. The highest BCUT2D eigenvalue weighted by atomic mass is 16.5. The Morgan fingerprint density at radius 3 is 2.26 bits per heavy atom. The number of carbonyl (C=O) groups is 3. The summed E-state index contributed by atoms with van der Waals surface area (Å²) in [7, 11) is 0. The molecule has 1 aromatic rings. The van der Waals surface area contributed by atoms with E-state index in [1.165, 1.54) is 12.2 Å². The zero-order valence-electron chi connectivity index (χ0n) is 15.2. The number of benzene rings is 1. The topological polar surface area (TPSA) is 101 Å². The van der Waals surface area contributed by atoms with Crippen molar-refractivity contribution in [2.75, 3.05) is 6.61 Å². The van der Waals surface area contributed by atoms with Crippen molar-refractivity contribution in [3.63, 3.8) is 0 Å². The van der Waals surface area contributed by atoms with Gasteiger partial charge in [0.05, 0.1) is 6.61 Å². The molecule has 0 bridgehead atoms. The lowest BCUT2D eigenvalue weighted by molar-refractivity contribution is -0.162. The molecular weight excluding hydrogens is 348 g/mol. The lowest BCUT2D eigenvalue weighted by Gasteiger charge is -2.38. The van der Waals surface area contributed by atoms with Crippen molar-refractivity contribution < 1.29 is 29.3 Å². The summed E-state index contributed by atoms with van der Waals surface area (Å²) in [6.07, 6.45) is 6.54. The Morgan fingerprint density at radius 1 is 1.04 bits per heavy atom. The molecule has 0 saturated heterocycles. The van der Waals surface area contributed by atoms with Gasteiger partial charge in [-0.2, -0.15) is 0 Å². The van der Waals surface area contributed by atoms with Gasteiger partial charge >= 0.3 is 5.97 Å². The van der Waals surface area contributed by atoms with Gasteiger partial charge in [0.25, 0.3) is 0 Å². The summed E-state index contributed by atoms with van der Waals surface area (Å²) in [4.78, 5) is 35.4. The number of ether oxygens (including phenoxy) is 1. The van der Waals surface area contributed by atoms with Gasteiger partial charge in [-0.05, 0) is 43.2 Å². The number of allylic oxidation sites excluding steroid dienone is 3. The van der Waals surface area contributed by atoms with Crippen molar-refractivity contribution in [2.45, 2.75) is 31.5 Å². The first kappa shape index (κ1) is 20.5. The number of rotatable bonds is 7. The van der Waals surface area contributed by atoms with E-state index in [9.17, 15) is 24.6 Å². The van der Waals surface area contributed by atoms with Gasteiger partial charge in [-0.15, -0.1) is 0 Å². The molecule has 2 unspecified atom stereocenters. The van der Waals surface area contributed by atoms with Crippen LogP contribution < -0.4 is 0 Å². The standard InChI is InChI=1S/C21H22O6/c1-15(22)20(25)12-10-18(14-21(20,26)16(2)23)8-9-19(24)27-13-11-17-6-4-3-5-7-17/h3-10,12,14,25-26H,11,13H2,1-2H3. The smallest absolute Gasteiger partial charge is 0.330 e. The fourth-order valence-electron chi connectivity index (χ4n) is 2.73. The molecule has 0 aromatic heterocycles. The van der Waals surface area contributed by atoms with Crippen LogP contribution in [0.2, 0.25) is 0 Å². The maximum absolute atomic E-state index is 11.8. The van der Waals surface area contributed by atoms with Gasteiger partial charge in [-0.1, -0.05) is 36.4 Å². The highest BCUT2D eigenvalue weighted by Gasteiger charge is 2.54. The van der Waals surface area contributed by atoms with Crippen molar-refractivity contribution in [3.8, 4) is 0 Å². The Bertz CT molecular complexity index is 820. The molecular formula is C21H22O6. The van der Waals surface area contributed by atoms with Crippen LogP contribution in [0.1, 0.15) is 19.4 Å². The monoisotopic (exact) mass is 370 g/mol. The molecule has 0 aliphatic heterocycles. The number of Topliss-reactive ketones (excluding diaryl/α,β-unsaturated/α-hetero) is 2. The van der Waals surface area contributed by atoms with Crippen molar-refractivity contribution in [2.24, 2.45) is 0 Å². The maximum Gasteiger partial charge on any atom is 0.330 e. The van der Waals surface area contributed by atoms with Crippen LogP contribution in [0, 0.1) is 0 Å². The number of aliphatic hydroxyl groups is 2. The third kappa shape index (κ3) is 4.48. The number of esters is 1. The molecule has 0 amide bonds. The van der Waals surface area contributed by atoms with Gasteiger partial charge in [0.15, 0.2) is 22.8 Å². The third-order valence-corrected chi connectivity index (χ3v) is 4.44. The normalized spacial score (nSPS) is 24.5. The summed E-state index contributed by atoms with van der Waals surface area (Å²) < 4.78 is 5.11. The summed E-state index contributed by atoms with van der Waals surface area (Å²) >= 11 is 0. The summed E-state index contributed by atoms with van der Waals surface area (Å²) in [5.74, 6) is -2.14. The quantitative estimate of drug-likeness (QED) is 0.557. The van der Waals surface area contributed by atoms with Gasteiger partial charge in [-0.3, -0.25) is 9.59 Å². The summed E-state index contributed by atoms with van der Waals surface area (Å²) in [6.45, 7) is 2.36. The first-order valence-corrected chi connectivity index (χ1v) is 8.47. The van der Waals surface area contributed by atoms with E-state index < -0.39 is 28.7 Å². The molecule has 6 nitrogen and oxygen atoms in total. The van der Waals surface area contributed by atoms with Crippen LogP contribution in [0.3, 0.4) is 0 Å². The van der Waals surface area contributed by atoms with E-state index in [0.717, 1.165) is 37.6 Å². The summed E-state index contributed by atoms with van der Waals surface area (Å²) in [6, 6.07) is 9.56. The van der Waals surface area contributed by atoms with Gasteiger partial charge < -0.3 is 14.9 Å². The van der Waals surface area contributed by atoms with Crippen LogP contribution in [0.5, 0.6) is 0 Å². The van der Waals surface area contributed by atoms with Gasteiger partial charge in [0, 0.05) is 12.5 Å². The van der Waals surface area contributed by atoms with E-state index in [0.29, 0.717) is 12.0 Å². The predicted molar refractivity (Wildman–Crippen MR) is 98.7 cm³/mol. The van der Waals surface area contributed by atoms with Crippen molar-refractivity contribution in [3.05, 3.63) is 71.8 Å². The average molecular weight is 370 g/mol. The fraction of sp³-hybridized carbons (Fsp3) is 0.286. The maximum atomic E-state index is 11.8. The highest BCUT2D eigenvalue weighted by Crippen LogP contribution is 2.33. The van der Waals surface area contributed by atoms with Gasteiger partial charge in [0.1, 0.15) is 0 Å². The van der Waals surface area contributed by atoms with Gasteiger partial charge in [-0.25, -0.2) is 4.79 Å². The Balaban J connectivity index is 2.02. The van der Waals surface area contributed by atoms with Gasteiger partial charge in [0.2, 0.25) is 0 Å². The minimum absolute atomic E-state index is 0.212. The number of ketones is 2. The van der Waals surface area contributed by atoms with Crippen LogP contribution >= 0.6 is 0 Å². The SMILES string of the molecule is CC(=O)C1(O)C=CC(C=CC(=O)OCCc2ccccc2)=CC1(O)C(C)=O. The van der Waals surface area contributed by atoms with Crippen LogP contribution in [-0.4, -0.2) is 45.6 Å². The molecule has 6 heteroatoms. The second kappa shape index (κ2) is 8.24. The van der Waals surface area contributed by atoms with Crippen LogP contribution in [0.15, 0.2) is 66.3 Å². The molecule has 0 spiro atoms. The second-order valence-electron chi connectivity index (χ2n) is 6.36. The molecule has 2 rings (SSSR count). The van der Waals surface area contributed by atoms with Crippen molar-refractivity contribution in [1.29, 1.82) is 0 Å². The molecule has 27 heavy (non-hydrogen) atoms. The molecule has 2 N–H and O–H groups in total. The molecule has 2 atom stereocenters. The molecule has 1 aliphatic carbocycles. The van der Waals surface area contributed by atoms with E-state index >= 15 is 0 Å². The lowest BCUT2D eigenvalue weighted by Crippen LogP contribution is -2.61. The van der Waals surface area contributed by atoms with Crippen LogP contribution in [0.4, 0.5) is 0 Å². The molecule has 0 saturated carbocycles. The van der Waals surface area contributed by atoms with Crippen LogP contribution in [-0.2, 0) is 25.5 Å². The molecule has 0 fully saturated rings. The Kier molecular flexibility index (Phi) is 6.25. The Labute approximate surface area is 157 Å². The van der Waals surface area contributed by atoms with E-state index in [4.69, 9.17) is 4.74 Å². The first-order chi connectivity index (χ1) is 12.7. The Morgan fingerprint density at radius 2 is 1.67 bits per heavy atom. The predicted octanol–water partition coefficient (Wildman–Crippen LogP) is 1.46. The highest BCUT2D eigenvalue weighted by molar-refractivity contribution is 6.01. The largest absolute Gasteiger partial charge is 0.462 e. The summed E-state index contributed by atoms with van der Waals surface area (Å²) in [5.41, 5.74) is -3.41. The second-order valence-corrected chi connectivity index (χ2v) is 6.36. The molecule has 0 radical (unpaired) electrons. The summed E-state index contributed by atoms with van der Waals surface area (Å²) in [5, 5.41) is 20.9. The third-order valence-electron chi connectivity index (χ3n) is 4.44. The molecule has 1 aromatic carbocycles. The zero-order valence-corrected chi connectivity index (χ0v) is 15.2. The number of hydrogen-bond acceptors (Lipinski definition) is 6. The lowest BCUT2D eigenvalue weighted by atomic mass is 9.73. The first-order valence-electron chi connectivity index (χ1n) is 8.47. The Hall–Kier alpha value is -2.83. The van der Waals surface area contributed by atoms with E-state index in [-0.39, 0.29) is 6.61 Å². The minimum atomic E-state index is -2.40. The fourth-order valence-corrected chi connectivity index (χ4v) is 2.73. The average Bonchev–Trinajstić information content (AvgIpc) is 2.63. The number of hydrogen-bond donors (Lipinski definition) is 2. The van der Waals surface area contributed by atoms with E-state index in [1.54, 1.807) is 0 Å². The minimum Gasteiger partial charge on any atom is -0.462 e. The van der Waals surface area contributed by atoms with Crippen molar-refractivity contribution >= 4 is 17.5 Å². The number of carbonyl (C=O) groups excluding carboxylic acids is 3. The van der Waals surface area contributed by atoms with Crippen LogP contribution in [0.25, 0.3) is 0 Å².